The Balaban J connectivity index is 1.86. The van der Waals surface area contributed by atoms with Gasteiger partial charge in [-0.15, -0.1) is 0 Å². The third-order valence-corrected chi connectivity index (χ3v) is 5.43. The van der Waals surface area contributed by atoms with Crippen LogP contribution in [0.1, 0.15) is 35.1 Å². The molecule has 0 spiro atoms. The molecule has 2 aliphatic rings. The van der Waals surface area contributed by atoms with E-state index in [1.165, 1.54) is 16.7 Å². The number of hydrogen-bond acceptors (Lipinski definition) is 1. The number of allylic oxidation sites excluding steroid dienone is 2. The van der Waals surface area contributed by atoms with Crippen molar-refractivity contribution >= 4 is 28.9 Å². The molecule has 0 amide bonds. The molecule has 0 aromatic heterocycles. The van der Waals surface area contributed by atoms with E-state index in [1.807, 2.05) is 12.1 Å². The van der Waals surface area contributed by atoms with Gasteiger partial charge in [-0.25, -0.2) is 0 Å². The van der Waals surface area contributed by atoms with E-state index >= 15 is 0 Å². The Morgan fingerprint density at radius 2 is 1.95 bits per heavy atom. The number of benzene rings is 2. The first kappa shape index (κ1) is 14.2. The molecule has 22 heavy (non-hydrogen) atoms. The highest BCUT2D eigenvalue weighted by molar-refractivity contribution is 6.35. The van der Waals surface area contributed by atoms with Crippen LogP contribution in [0.2, 0.25) is 10.0 Å². The van der Waals surface area contributed by atoms with Crippen LogP contribution in [0.15, 0.2) is 48.6 Å². The van der Waals surface area contributed by atoms with Crippen molar-refractivity contribution in [3.63, 3.8) is 0 Å². The molecule has 4 rings (SSSR count). The second-order valence-electron chi connectivity index (χ2n) is 6.18. The zero-order valence-electron chi connectivity index (χ0n) is 12.3. The Hall–Kier alpha value is -1.44. The number of aryl methyl sites for hydroxylation is 1. The van der Waals surface area contributed by atoms with Crippen LogP contribution in [0.3, 0.4) is 0 Å². The normalized spacial score (nSPS) is 25.5. The van der Waals surface area contributed by atoms with Gasteiger partial charge in [0.2, 0.25) is 0 Å². The van der Waals surface area contributed by atoms with Gasteiger partial charge in [0.15, 0.2) is 0 Å². The van der Waals surface area contributed by atoms with E-state index in [2.05, 4.69) is 48.7 Å². The zero-order chi connectivity index (χ0) is 15.3. The molecule has 3 atom stereocenters. The molecule has 2 aromatic carbocycles. The minimum absolute atomic E-state index is 0.295. The van der Waals surface area contributed by atoms with Crippen LogP contribution < -0.4 is 5.32 Å². The molecule has 1 heterocycles. The van der Waals surface area contributed by atoms with Crippen LogP contribution in [0, 0.1) is 12.8 Å². The molecule has 1 aliphatic heterocycles. The molecule has 3 heteroatoms. The van der Waals surface area contributed by atoms with Gasteiger partial charge in [0, 0.05) is 27.2 Å². The van der Waals surface area contributed by atoms with Crippen molar-refractivity contribution in [1.82, 2.24) is 0 Å². The SMILES string of the molecule is Cc1ccccc1C1Nc2cc(Cl)cc(Cl)c2C2C=CCC21. The molecule has 1 nitrogen and oxygen atoms in total. The van der Waals surface area contributed by atoms with E-state index in [4.69, 9.17) is 23.2 Å². The first-order valence-electron chi connectivity index (χ1n) is 7.63. The Morgan fingerprint density at radius 1 is 1.14 bits per heavy atom. The quantitative estimate of drug-likeness (QED) is 0.620. The van der Waals surface area contributed by atoms with E-state index in [0.29, 0.717) is 22.9 Å². The Labute approximate surface area is 140 Å². The van der Waals surface area contributed by atoms with Crippen LogP contribution in [-0.4, -0.2) is 0 Å². The molecular weight excluding hydrogens is 313 g/mol. The number of nitrogens with one attached hydrogen (secondary N) is 1. The lowest BCUT2D eigenvalue weighted by Gasteiger charge is -2.38. The molecule has 112 valence electrons. The lowest BCUT2D eigenvalue weighted by molar-refractivity contribution is 0.424. The van der Waals surface area contributed by atoms with Gasteiger partial charge in [-0.2, -0.15) is 0 Å². The second kappa shape index (κ2) is 5.33. The summed E-state index contributed by atoms with van der Waals surface area (Å²) in [6.45, 7) is 2.18. The Morgan fingerprint density at radius 3 is 2.77 bits per heavy atom. The van der Waals surface area contributed by atoms with Gasteiger partial charge in [-0.1, -0.05) is 59.6 Å². The summed E-state index contributed by atoms with van der Waals surface area (Å²) in [5.74, 6) is 0.873. The van der Waals surface area contributed by atoms with Gasteiger partial charge in [-0.3, -0.25) is 0 Å². The number of halogens is 2. The van der Waals surface area contributed by atoms with Crippen LogP contribution in [0.4, 0.5) is 5.69 Å². The molecule has 0 bridgehead atoms. The van der Waals surface area contributed by atoms with Gasteiger partial charge in [0.25, 0.3) is 0 Å². The van der Waals surface area contributed by atoms with Crippen molar-refractivity contribution in [1.29, 1.82) is 0 Å². The summed E-state index contributed by atoms with van der Waals surface area (Å²) in [5.41, 5.74) is 4.94. The molecule has 0 radical (unpaired) electrons. The third-order valence-electron chi connectivity index (χ3n) is 4.90. The largest absolute Gasteiger partial charge is 0.378 e. The highest BCUT2D eigenvalue weighted by atomic mass is 35.5. The van der Waals surface area contributed by atoms with Crippen molar-refractivity contribution in [2.24, 2.45) is 5.92 Å². The van der Waals surface area contributed by atoms with E-state index in [1.54, 1.807) is 0 Å². The minimum atomic E-state index is 0.295. The van der Waals surface area contributed by atoms with Crippen molar-refractivity contribution in [3.8, 4) is 0 Å². The standard InChI is InChI=1S/C19H17Cl2N/c1-11-5-2-3-6-13(11)19-15-8-4-7-14(15)18-16(21)9-12(20)10-17(18)22-19/h2-7,9-10,14-15,19,22H,8H2,1H3. The fraction of sp³-hybridized carbons (Fsp3) is 0.263. The van der Waals surface area contributed by atoms with Gasteiger partial charge < -0.3 is 5.32 Å². The fourth-order valence-corrected chi connectivity index (χ4v) is 4.51. The summed E-state index contributed by atoms with van der Waals surface area (Å²) >= 11 is 12.7. The van der Waals surface area contributed by atoms with Crippen LogP contribution in [-0.2, 0) is 0 Å². The average molecular weight is 330 g/mol. The first-order chi connectivity index (χ1) is 10.6. The molecule has 0 fully saturated rings. The highest BCUT2D eigenvalue weighted by Gasteiger charge is 2.39. The monoisotopic (exact) mass is 329 g/mol. The van der Waals surface area contributed by atoms with Crippen molar-refractivity contribution in [2.45, 2.75) is 25.3 Å². The molecule has 2 aromatic rings. The number of hydrogen-bond donors (Lipinski definition) is 1. The van der Waals surface area contributed by atoms with Gasteiger partial charge in [-0.05, 0) is 42.5 Å². The van der Waals surface area contributed by atoms with Crippen molar-refractivity contribution in [3.05, 3.63) is 75.3 Å². The van der Waals surface area contributed by atoms with Gasteiger partial charge >= 0.3 is 0 Å². The Kier molecular flexibility index (Phi) is 3.43. The topological polar surface area (TPSA) is 12.0 Å². The van der Waals surface area contributed by atoms with Gasteiger partial charge in [0.1, 0.15) is 0 Å². The summed E-state index contributed by atoms with van der Waals surface area (Å²) in [4.78, 5) is 0. The summed E-state index contributed by atoms with van der Waals surface area (Å²) < 4.78 is 0. The summed E-state index contributed by atoms with van der Waals surface area (Å²) in [6, 6.07) is 12.7. The Bertz CT molecular complexity index is 766. The van der Waals surface area contributed by atoms with E-state index < -0.39 is 0 Å². The number of anilines is 1. The lowest BCUT2D eigenvalue weighted by atomic mass is 9.76. The zero-order valence-corrected chi connectivity index (χ0v) is 13.8. The van der Waals surface area contributed by atoms with Crippen LogP contribution >= 0.6 is 23.2 Å². The first-order valence-corrected chi connectivity index (χ1v) is 8.38. The van der Waals surface area contributed by atoms with E-state index in [0.717, 1.165) is 17.1 Å². The summed E-state index contributed by atoms with van der Waals surface area (Å²) in [5, 5.41) is 5.14. The molecule has 1 aliphatic carbocycles. The van der Waals surface area contributed by atoms with Crippen LogP contribution in [0.25, 0.3) is 0 Å². The maximum absolute atomic E-state index is 6.48. The number of rotatable bonds is 1. The maximum atomic E-state index is 6.48. The predicted molar refractivity (Wildman–Crippen MR) is 94.0 cm³/mol. The van der Waals surface area contributed by atoms with E-state index in [9.17, 15) is 0 Å². The summed E-state index contributed by atoms with van der Waals surface area (Å²) in [6.07, 6.45) is 5.66. The third kappa shape index (κ3) is 2.15. The molecule has 1 N–H and O–H groups in total. The smallest absolute Gasteiger partial charge is 0.0556 e. The second-order valence-corrected chi connectivity index (χ2v) is 7.02. The lowest BCUT2D eigenvalue weighted by Crippen LogP contribution is -2.29. The summed E-state index contributed by atoms with van der Waals surface area (Å²) in [7, 11) is 0. The average Bonchev–Trinajstić information content (AvgIpc) is 2.95. The number of fused-ring (bicyclic) bond motifs is 3. The van der Waals surface area contributed by atoms with Crippen LogP contribution in [0.5, 0.6) is 0 Å². The fourth-order valence-electron chi connectivity index (χ4n) is 3.89. The van der Waals surface area contributed by atoms with E-state index in [-0.39, 0.29) is 0 Å². The minimum Gasteiger partial charge on any atom is -0.378 e. The van der Waals surface area contributed by atoms with Gasteiger partial charge in [0.05, 0.1) is 6.04 Å². The van der Waals surface area contributed by atoms with Crippen molar-refractivity contribution in [2.75, 3.05) is 5.32 Å². The predicted octanol–water partition coefficient (Wildman–Crippen LogP) is 6.13. The molecule has 3 unspecified atom stereocenters. The van der Waals surface area contributed by atoms with Crippen molar-refractivity contribution < 1.29 is 0 Å². The molecule has 0 saturated heterocycles. The molecule has 0 saturated carbocycles. The highest BCUT2D eigenvalue weighted by Crippen LogP contribution is 2.52. The molecular formula is C19H17Cl2N. The maximum Gasteiger partial charge on any atom is 0.0556 e.